The molecule has 154 valence electrons. The summed E-state index contributed by atoms with van der Waals surface area (Å²) in [6, 6.07) is 8.21. The van der Waals surface area contributed by atoms with Crippen LogP contribution in [0, 0.1) is 5.92 Å². The summed E-state index contributed by atoms with van der Waals surface area (Å²) in [6.45, 7) is 4.35. The molecule has 0 aliphatic heterocycles. The summed E-state index contributed by atoms with van der Waals surface area (Å²) in [5.74, 6) is -1.80. The minimum atomic E-state index is -1.11. The van der Waals surface area contributed by atoms with E-state index >= 15 is 0 Å². The molecule has 0 saturated carbocycles. The van der Waals surface area contributed by atoms with Crippen LogP contribution >= 0.6 is 0 Å². The van der Waals surface area contributed by atoms with Crippen LogP contribution in [-0.2, 0) is 20.8 Å². The molecule has 8 heteroatoms. The molecule has 8 nitrogen and oxygen atoms in total. The molecule has 0 heterocycles. The largest absolute Gasteiger partial charge is 0.465 e. The van der Waals surface area contributed by atoms with Gasteiger partial charge >= 0.3 is 6.09 Å². The van der Waals surface area contributed by atoms with Crippen LogP contribution in [0.25, 0.3) is 0 Å². The number of nitrogens with one attached hydrogen (secondary N) is 3. The van der Waals surface area contributed by atoms with Crippen molar-refractivity contribution in [2.75, 3.05) is 13.1 Å². The fourth-order valence-electron chi connectivity index (χ4n) is 2.64. The molecule has 28 heavy (non-hydrogen) atoms. The molecule has 0 aromatic heterocycles. The van der Waals surface area contributed by atoms with Gasteiger partial charge in [0.15, 0.2) is 0 Å². The summed E-state index contributed by atoms with van der Waals surface area (Å²) in [6.07, 6.45) is 0.448. The molecular weight excluding hydrogens is 362 g/mol. The van der Waals surface area contributed by atoms with Gasteiger partial charge in [-0.3, -0.25) is 14.4 Å². The van der Waals surface area contributed by atoms with Gasteiger partial charge in [-0.15, -0.1) is 0 Å². The van der Waals surface area contributed by atoms with Crippen LogP contribution in [0.15, 0.2) is 30.3 Å². The second-order valence-electron chi connectivity index (χ2n) is 6.76. The lowest BCUT2D eigenvalue weighted by Crippen LogP contribution is -2.49. The summed E-state index contributed by atoms with van der Waals surface area (Å²) >= 11 is 0. The first-order valence-corrected chi connectivity index (χ1v) is 9.45. The van der Waals surface area contributed by atoms with Crippen LogP contribution in [0.2, 0.25) is 0 Å². The second kappa shape index (κ2) is 12.5. The van der Waals surface area contributed by atoms with Gasteiger partial charge in [-0.25, -0.2) is 4.79 Å². The van der Waals surface area contributed by atoms with Crippen molar-refractivity contribution in [3.63, 3.8) is 0 Å². The average Bonchev–Trinajstić information content (AvgIpc) is 2.65. The quantitative estimate of drug-likeness (QED) is 0.402. The van der Waals surface area contributed by atoms with Crippen molar-refractivity contribution in [1.29, 1.82) is 0 Å². The molecule has 1 rings (SSSR count). The highest BCUT2D eigenvalue weighted by molar-refractivity contribution is 6.38. The number of Topliss-reactive ketones (excluding diaryl/α,β-unsaturated/α-hetero) is 1. The maximum absolute atomic E-state index is 12.5. The zero-order valence-corrected chi connectivity index (χ0v) is 16.4. The Bertz CT molecular complexity index is 663. The van der Waals surface area contributed by atoms with E-state index in [1.54, 1.807) is 0 Å². The van der Waals surface area contributed by atoms with Crippen molar-refractivity contribution in [3.8, 4) is 0 Å². The van der Waals surface area contributed by atoms with Crippen molar-refractivity contribution in [1.82, 2.24) is 16.0 Å². The fourth-order valence-corrected chi connectivity index (χ4v) is 2.64. The predicted molar refractivity (Wildman–Crippen MR) is 105 cm³/mol. The molecule has 0 aliphatic carbocycles. The van der Waals surface area contributed by atoms with E-state index in [4.69, 9.17) is 5.11 Å². The van der Waals surface area contributed by atoms with E-state index in [9.17, 15) is 19.2 Å². The van der Waals surface area contributed by atoms with Gasteiger partial charge in [0.1, 0.15) is 6.04 Å². The van der Waals surface area contributed by atoms with Gasteiger partial charge in [-0.05, 0) is 24.3 Å². The van der Waals surface area contributed by atoms with Crippen LogP contribution in [0.3, 0.4) is 0 Å². The molecule has 0 fully saturated rings. The number of carbonyl (C=O) groups is 4. The van der Waals surface area contributed by atoms with E-state index in [0.29, 0.717) is 19.4 Å². The summed E-state index contributed by atoms with van der Waals surface area (Å²) in [7, 11) is 0. The molecule has 0 spiro atoms. The molecule has 3 amide bonds. The van der Waals surface area contributed by atoms with Gasteiger partial charge in [0.2, 0.25) is 11.7 Å². The number of hydrogen-bond donors (Lipinski definition) is 4. The van der Waals surface area contributed by atoms with Crippen molar-refractivity contribution in [2.45, 2.75) is 45.6 Å². The first kappa shape index (κ1) is 23.1. The molecule has 0 saturated heterocycles. The number of amides is 3. The lowest BCUT2D eigenvalue weighted by molar-refractivity contribution is -0.140. The molecule has 0 bridgehead atoms. The Hall–Kier alpha value is -2.90. The SMILES string of the molecule is CCCNC(=O)C(=O)[C@H](Cc1ccccc1)NC(=O)CC(C)CCNC(=O)O. The number of benzene rings is 1. The molecule has 0 radical (unpaired) electrons. The Morgan fingerprint density at radius 1 is 1.04 bits per heavy atom. The van der Waals surface area contributed by atoms with E-state index in [1.165, 1.54) is 0 Å². The molecule has 1 aromatic rings. The molecular formula is C20H29N3O5. The number of ketones is 1. The summed E-state index contributed by atoms with van der Waals surface area (Å²) in [5, 5.41) is 16.0. The van der Waals surface area contributed by atoms with Crippen LogP contribution in [-0.4, -0.2) is 47.9 Å². The third-order valence-electron chi connectivity index (χ3n) is 4.14. The molecule has 2 atom stereocenters. The van der Waals surface area contributed by atoms with Gasteiger partial charge in [0, 0.05) is 25.9 Å². The van der Waals surface area contributed by atoms with E-state index in [1.807, 2.05) is 44.2 Å². The Morgan fingerprint density at radius 3 is 2.32 bits per heavy atom. The van der Waals surface area contributed by atoms with Gasteiger partial charge in [0.25, 0.3) is 5.91 Å². The van der Waals surface area contributed by atoms with E-state index < -0.39 is 23.8 Å². The van der Waals surface area contributed by atoms with Gasteiger partial charge in [0.05, 0.1) is 0 Å². The highest BCUT2D eigenvalue weighted by atomic mass is 16.4. The van der Waals surface area contributed by atoms with Crippen LogP contribution in [0.5, 0.6) is 0 Å². The fraction of sp³-hybridized carbons (Fsp3) is 0.500. The number of carboxylic acid groups (broad SMARTS) is 1. The summed E-state index contributed by atoms with van der Waals surface area (Å²) in [4.78, 5) is 47.4. The molecule has 0 aliphatic rings. The molecule has 4 N–H and O–H groups in total. The summed E-state index contributed by atoms with van der Waals surface area (Å²) < 4.78 is 0. The number of hydrogen-bond acceptors (Lipinski definition) is 4. The normalized spacial score (nSPS) is 12.5. The van der Waals surface area contributed by atoms with Crippen LogP contribution in [0.1, 0.15) is 38.7 Å². The second-order valence-corrected chi connectivity index (χ2v) is 6.76. The Balaban J connectivity index is 2.70. The van der Waals surface area contributed by atoms with E-state index in [0.717, 1.165) is 5.56 Å². The highest BCUT2D eigenvalue weighted by Crippen LogP contribution is 2.09. The monoisotopic (exact) mass is 391 g/mol. The molecule has 1 aromatic carbocycles. The third kappa shape index (κ3) is 9.16. The Morgan fingerprint density at radius 2 is 1.71 bits per heavy atom. The average molecular weight is 391 g/mol. The van der Waals surface area contributed by atoms with E-state index in [-0.39, 0.29) is 31.2 Å². The Labute approximate surface area is 165 Å². The van der Waals surface area contributed by atoms with E-state index in [2.05, 4.69) is 16.0 Å². The maximum atomic E-state index is 12.5. The van der Waals surface area contributed by atoms with Gasteiger partial charge in [-0.1, -0.05) is 44.2 Å². The lowest BCUT2D eigenvalue weighted by atomic mass is 9.99. The minimum Gasteiger partial charge on any atom is -0.465 e. The van der Waals surface area contributed by atoms with Crippen LogP contribution in [0.4, 0.5) is 4.79 Å². The maximum Gasteiger partial charge on any atom is 0.404 e. The zero-order chi connectivity index (χ0) is 20.9. The predicted octanol–water partition coefficient (Wildman–Crippen LogP) is 1.49. The smallest absolute Gasteiger partial charge is 0.404 e. The van der Waals surface area contributed by atoms with Gasteiger partial charge < -0.3 is 21.1 Å². The lowest BCUT2D eigenvalue weighted by Gasteiger charge is -2.19. The van der Waals surface area contributed by atoms with Crippen molar-refractivity contribution in [3.05, 3.63) is 35.9 Å². The first-order chi connectivity index (χ1) is 13.3. The van der Waals surface area contributed by atoms with Crippen molar-refractivity contribution in [2.24, 2.45) is 5.92 Å². The topological polar surface area (TPSA) is 125 Å². The number of rotatable bonds is 12. The van der Waals surface area contributed by atoms with Gasteiger partial charge in [-0.2, -0.15) is 0 Å². The third-order valence-corrected chi connectivity index (χ3v) is 4.14. The zero-order valence-electron chi connectivity index (χ0n) is 16.4. The molecule has 1 unspecified atom stereocenters. The minimum absolute atomic E-state index is 0.0757. The highest BCUT2D eigenvalue weighted by Gasteiger charge is 2.27. The number of carbonyl (C=O) groups excluding carboxylic acids is 3. The Kier molecular flexibility index (Phi) is 10.3. The van der Waals surface area contributed by atoms with Crippen molar-refractivity contribution < 1.29 is 24.3 Å². The van der Waals surface area contributed by atoms with Crippen molar-refractivity contribution >= 4 is 23.7 Å². The first-order valence-electron chi connectivity index (χ1n) is 9.45. The van der Waals surface area contributed by atoms with Crippen LogP contribution < -0.4 is 16.0 Å². The summed E-state index contributed by atoms with van der Waals surface area (Å²) in [5.41, 5.74) is 0.836. The standard InChI is InChI=1S/C20H29N3O5/c1-3-10-21-19(26)18(25)16(13-15-7-5-4-6-8-15)23-17(24)12-14(2)9-11-22-20(27)28/h4-8,14,16,22H,3,9-13H2,1-2H3,(H,21,26)(H,23,24)(H,27,28)/t14?,16-/m0/s1.